The summed E-state index contributed by atoms with van der Waals surface area (Å²) in [5.41, 5.74) is 1.97. The van der Waals surface area contributed by atoms with Gasteiger partial charge in [-0.25, -0.2) is 4.99 Å². The maximum Gasteiger partial charge on any atom is 0.269 e. The number of ether oxygens (including phenoxy) is 3. The van der Waals surface area contributed by atoms with Crippen LogP contribution in [0, 0.1) is 10.1 Å². The molecule has 1 unspecified atom stereocenters. The third-order valence-corrected chi connectivity index (χ3v) is 5.00. The van der Waals surface area contributed by atoms with Crippen LogP contribution >= 0.6 is 0 Å². The van der Waals surface area contributed by atoms with Gasteiger partial charge in [0.05, 0.1) is 31.8 Å². The number of guanidine groups is 1. The molecule has 0 spiro atoms. The van der Waals surface area contributed by atoms with Crippen molar-refractivity contribution in [1.82, 2.24) is 10.6 Å². The Bertz CT molecular complexity index is 895. The molecule has 3 rings (SSSR count). The quantitative estimate of drug-likeness (QED) is 0.274. The highest BCUT2D eigenvalue weighted by Gasteiger charge is 2.15. The van der Waals surface area contributed by atoms with E-state index in [0.717, 1.165) is 30.6 Å². The summed E-state index contributed by atoms with van der Waals surface area (Å²) in [7, 11) is 3.20. The molecule has 31 heavy (non-hydrogen) atoms. The molecule has 1 heterocycles. The molecule has 1 aliphatic rings. The van der Waals surface area contributed by atoms with Crippen molar-refractivity contribution in [2.75, 3.05) is 27.4 Å². The lowest BCUT2D eigenvalue weighted by atomic mass is 10.2. The second-order valence-corrected chi connectivity index (χ2v) is 7.15. The Morgan fingerprint density at radius 2 is 1.87 bits per heavy atom. The van der Waals surface area contributed by atoms with Gasteiger partial charge in [0.2, 0.25) is 0 Å². The molecule has 166 valence electrons. The second kappa shape index (κ2) is 11.2. The lowest BCUT2D eigenvalue weighted by Gasteiger charge is -2.16. The first-order valence-corrected chi connectivity index (χ1v) is 10.2. The molecule has 1 aliphatic heterocycles. The Morgan fingerprint density at radius 3 is 2.52 bits per heavy atom. The lowest BCUT2D eigenvalue weighted by Crippen LogP contribution is -2.40. The number of nitrogens with zero attached hydrogens (tertiary/aromatic N) is 2. The fourth-order valence-corrected chi connectivity index (χ4v) is 3.26. The molecule has 0 saturated carbocycles. The Morgan fingerprint density at radius 1 is 1.13 bits per heavy atom. The molecule has 2 aromatic rings. The Balaban J connectivity index is 1.66. The number of aliphatic imine (C=N–C) groups is 1. The molecular weight excluding hydrogens is 400 g/mol. The zero-order valence-electron chi connectivity index (χ0n) is 17.8. The van der Waals surface area contributed by atoms with E-state index < -0.39 is 4.92 Å². The number of benzene rings is 2. The van der Waals surface area contributed by atoms with Crippen LogP contribution in [0.3, 0.4) is 0 Å². The van der Waals surface area contributed by atoms with Gasteiger partial charge in [0.25, 0.3) is 5.69 Å². The van der Waals surface area contributed by atoms with Gasteiger partial charge in [0, 0.05) is 31.8 Å². The minimum Gasteiger partial charge on any atom is -0.493 e. The summed E-state index contributed by atoms with van der Waals surface area (Å²) in [6, 6.07) is 12.2. The molecule has 2 aromatic carbocycles. The number of hydrogen-bond donors (Lipinski definition) is 2. The average molecular weight is 428 g/mol. The number of nitro groups is 1. The number of hydrogen-bond acceptors (Lipinski definition) is 6. The molecule has 0 aromatic heterocycles. The van der Waals surface area contributed by atoms with E-state index in [-0.39, 0.29) is 11.8 Å². The maximum absolute atomic E-state index is 10.8. The molecule has 2 N–H and O–H groups in total. The third kappa shape index (κ3) is 6.58. The normalized spacial score (nSPS) is 16.1. The molecule has 9 nitrogen and oxygen atoms in total. The van der Waals surface area contributed by atoms with E-state index in [1.54, 1.807) is 26.4 Å². The zero-order valence-corrected chi connectivity index (χ0v) is 17.8. The van der Waals surface area contributed by atoms with Crippen LogP contribution in [-0.2, 0) is 17.8 Å². The van der Waals surface area contributed by atoms with Gasteiger partial charge in [-0.3, -0.25) is 10.1 Å². The van der Waals surface area contributed by atoms with Crippen molar-refractivity contribution >= 4 is 11.6 Å². The van der Waals surface area contributed by atoms with Crippen molar-refractivity contribution in [1.29, 1.82) is 0 Å². The van der Waals surface area contributed by atoms with Crippen molar-refractivity contribution in [3.63, 3.8) is 0 Å². The molecule has 0 radical (unpaired) electrons. The number of methoxy groups -OCH3 is 2. The van der Waals surface area contributed by atoms with Crippen LogP contribution in [0.5, 0.6) is 11.5 Å². The minimum absolute atomic E-state index is 0.0719. The van der Waals surface area contributed by atoms with E-state index in [9.17, 15) is 10.1 Å². The van der Waals surface area contributed by atoms with E-state index in [1.165, 1.54) is 12.1 Å². The maximum atomic E-state index is 10.8. The molecule has 0 amide bonds. The van der Waals surface area contributed by atoms with E-state index in [0.29, 0.717) is 37.1 Å². The topological polar surface area (TPSA) is 107 Å². The molecule has 0 aliphatic carbocycles. The van der Waals surface area contributed by atoms with Gasteiger partial charge in [0.1, 0.15) is 0 Å². The van der Waals surface area contributed by atoms with E-state index in [1.807, 2.05) is 18.2 Å². The predicted octanol–water partition coefficient (Wildman–Crippen LogP) is 3.03. The van der Waals surface area contributed by atoms with Crippen molar-refractivity contribution in [2.24, 2.45) is 4.99 Å². The van der Waals surface area contributed by atoms with Gasteiger partial charge < -0.3 is 24.8 Å². The summed E-state index contributed by atoms with van der Waals surface area (Å²) in [4.78, 5) is 15.1. The zero-order chi connectivity index (χ0) is 22.1. The second-order valence-electron chi connectivity index (χ2n) is 7.15. The Labute approximate surface area is 181 Å². The van der Waals surface area contributed by atoms with Gasteiger partial charge in [0.15, 0.2) is 17.5 Å². The number of nitrogens with one attached hydrogen (secondary N) is 2. The van der Waals surface area contributed by atoms with Gasteiger partial charge >= 0.3 is 0 Å². The van der Waals surface area contributed by atoms with Crippen LogP contribution in [0.4, 0.5) is 5.69 Å². The van der Waals surface area contributed by atoms with E-state index >= 15 is 0 Å². The molecule has 1 fully saturated rings. The number of nitro benzene ring substituents is 1. The van der Waals surface area contributed by atoms with Crippen LogP contribution in [0.1, 0.15) is 24.0 Å². The Hall–Kier alpha value is -3.33. The standard InChI is InChI=1S/C22H28N4O5/c1-29-20-10-7-17(12-21(20)30-2)14-24-22(25-15-19-4-3-11-31-19)23-13-16-5-8-18(9-6-16)26(27)28/h5-10,12,19H,3-4,11,13-15H2,1-2H3,(H2,23,24,25). The van der Waals surface area contributed by atoms with Crippen LogP contribution in [0.15, 0.2) is 47.5 Å². The predicted molar refractivity (Wildman–Crippen MR) is 118 cm³/mol. The highest BCUT2D eigenvalue weighted by atomic mass is 16.6. The summed E-state index contributed by atoms with van der Waals surface area (Å²) >= 11 is 0. The van der Waals surface area contributed by atoms with Gasteiger partial charge in [-0.15, -0.1) is 0 Å². The van der Waals surface area contributed by atoms with Crippen molar-refractivity contribution in [3.8, 4) is 11.5 Å². The summed E-state index contributed by atoms with van der Waals surface area (Å²) in [6.07, 6.45) is 2.27. The van der Waals surface area contributed by atoms with Crippen LogP contribution in [-0.4, -0.2) is 44.4 Å². The monoisotopic (exact) mass is 428 g/mol. The van der Waals surface area contributed by atoms with Gasteiger partial charge in [-0.2, -0.15) is 0 Å². The van der Waals surface area contributed by atoms with Gasteiger partial charge in [-0.05, 0) is 36.1 Å². The SMILES string of the molecule is COc1ccc(CN=C(NCc2ccc([N+](=O)[O-])cc2)NCC2CCCO2)cc1OC. The highest BCUT2D eigenvalue weighted by molar-refractivity contribution is 5.79. The first-order valence-electron chi connectivity index (χ1n) is 10.2. The Kier molecular flexibility index (Phi) is 8.05. The molecule has 1 saturated heterocycles. The van der Waals surface area contributed by atoms with Crippen LogP contribution in [0.25, 0.3) is 0 Å². The summed E-state index contributed by atoms with van der Waals surface area (Å²) in [5, 5.41) is 17.4. The lowest BCUT2D eigenvalue weighted by molar-refractivity contribution is -0.384. The highest BCUT2D eigenvalue weighted by Crippen LogP contribution is 2.27. The number of non-ortho nitro benzene ring substituents is 1. The third-order valence-electron chi connectivity index (χ3n) is 5.00. The van der Waals surface area contributed by atoms with Crippen LogP contribution in [0.2, 0.25) is 0 Å². The largest absolute Gasteiger partial charge is 0.493 e. The molecular formula is C22H28N4O5. The van der Waals surface area contributed by atoms with Crippen LogP contribution < -0.4 is 20.1 Å². The van der Waals surface area contributed by atoms with Crippen molar-refractivity contribution in [3.05, 3.63) is 63.7 Å². The number of rotatable bonds is 9. The summed E-state index contributed by atoms with van der Waals surface area (Å²) in [5.74, 6) is 1.97. The molecule has 1 atom stereocenters. The first-order chi connectivity index (χ1) is 15.1. The molecule has 9 heteroatoms. The fourth-order valence-electron chi connectivity index (χ4n) is 3.26. The fraction of sp³-hybridized carbons (Fsp3) is 0.409. The van der Waals surface area contributed by atoms with E-state index in [2.05, 4.69) is 15.6 Å². The first kappa shape index (κ1) is 22.4. The van der Waals surface area contributed by atoms with E-state index in [4.69, 9.17) is 14.2 Å². The van der Waals surface area contributed by atoms with Crippen molar-refractivity contribution in [2.45, 2.75) is 32.0 Å². The van der Waals surface area contributed by atoms with Crippen molar-refractivity contribution < 1.29 is 19.1 Å². The summed E-state index contributed by atoms with van der Waals surface area (Å²) < 4.78 is 16.3. The smallest absolute Gasteiger partial charge is 0.269 e. The minimum atomic E-state index is -0.406. The summed E-state index contributed by atoms with van der Waals surface area (Å²) in [6.45, 7) is 2.39. The van der Waals surface area contributed by atoms with Gasteiger partial charge in [-0.1, -0.05) is 18.2 Å². The average Bonchev–Trinajstić information content (AvgIpc) is 3.32. The molecule has 0 bridgehead atoms.